The molecule has 0 aliphatic heterocycles. The number of amides is 1. The molecule has 5 nitrogen and oxygen atoms in total. The number of rotatable bonds is 6. The Morgan fingerprint density at radius 2 is 1.93 bits per heavy atom. The summed E-state index contributed by atoms with van der Waals surface area (Å²) < 4.78 is 5.22. The number of halogens is 1. The summed E-state index contributed by atoms with van der Waals surface area (Å²) in [5, 5.41) is 3.47. The highest BCUT2D eigenvalue weighted by Gasteiger charge is 2.11. The summed E-state index contributed by atoms with van der Waals surface area (Å²) in [7, 11) is 1.56. The van der Waals surface area contributed by atoms with E-state index >= 15 is 0 Å². The van der Waals surface area contributed by atoms with Crippen LogP contribution in [0.2, 0.25) is 5.02 Å². The lowest BCUT2D eigenvalue weighted by Gasteiger charge is -2.11. The summed E-state index contributed by atoms with van der Waals surface area (Å²) in [5.74, 6) is 0.408. The molecule has 0 bridgehead atoms. The van der Waals surface area contributed by atoms with E-state index in [1.54, 1.807) is 19.4 Å². The van der Waals surface area contributed by atoms with Crippen LogP contribution in [-0.4, -0.2) is 18.0 Å². The van der Waals surface area contributed by atoms with E-state index in [0.29, 0.717) is 29.4 Å². The Labute approximate surface area is 169 Å². The lowest BCUT2D eigenvalue weighted by atomic mass is 9.99. The van der Waals surface area contributed by atoms with Gasteiger partial charge in [0, 0.05) is 30.5 Å². The van der Waals surface area contributed by atoms with Gasteiger partial charge in [-0.1, -0.05) is 17.7 Å². The summed E-state index contributed by atoms with van der Waals surface area (Å²) in [6.07, 6.45) is 1.76. The molecule has 6 heteroatoms. The summed E-state index contributed by atoms with van der Waals surface area (Å²) in [5.41, 5.74) is 11.0. The molecule has 0 spiro atoms. The van der Waals surface area contributed by atoms with Crippen LogP contribution < -0.4 is 15.8 Å². The molecule has 144 valence electrons. The van der Waals surface area contributed by atoms with E-state index in [1.807, 2.05) is 49.4 Å². The molecule has 0 atom stereocenters. The number of benzene rings is 2. The third-order valence-corrected chi connectivity index (χ3v) is 4.70. The van der Waals surface area contributed by atoms with Crippen molar-refractivity contribution in [2.45, 2.75) is 20.0 Å². The Morgan fingerprint density at radius 3 is 2.64 bits per heavy atom. The number of aryl methyl sites for hydroxylation is 1. The van der Waals surface area contributed by atoms with Crippen LogP contribution in [0.25, 0.3) is 11.1 Å². The lowest BCUT2D eigenvalue weighted by Crippen LogP contribution is -2.23. The van der Waals surface area contributed by atoms with E-state index in [1.165, 1.54) is 0 Å². The number of nitrogens with zero attached hydrogens (tertiary/aromatic N) is 1. The third-order valence-electron chi connectivity index (χ3n) is 4.39. The van der Waals surface area contributed by atoms with Gasteiger partial charge >= 0.3 is 0 Å². The van der Waals surface area contributed by atoms with Crippen LogP contribution in [0, 0.1) is 6.92 Å². The van der Waals surface area contributed by atoms with Gasteiger partial charge in [-0.05, 0) is 71.6 Å². The lowest BCUT2D eigenvalue weighted by molar-refractivity contribution is 0.0951. The number of pyridine rings is 1. The molecule has 0 saturated carbocycles. The highest BCUT2D eigenvalue weighted by Crippen LogP contribution is 2.25. The fourth-order valence-electron chi connectivity index (χ4n) is 2.93. The Balaban J connectivity index is 1.82. The zero-order valence-electron chi connectivity index (χ0n) is 15.8. The van der Waals surface area contributed by atoms with Gasteiger partial charge in [-0.25, -0.2) is 0 Å². The van der Waals surface area contributed by atoms with Gasteiger partial charge in [-0.15, -0.1) is 0 Å². The van der Waals surface area contributed by atoms with Crippen molar-refractivity contribution < 1.29 is 9.53 Å². The highest BCUT2D eigenvalue weighted by molar-refractivity contribution is 6.32. The number of ether oxygens (including phenoxy) is 1. The molecule has 0 fully saturated rings. The molecular weight excluding hydrogens is 374 g/mol. The molecule has 3 rings (SSSR count). The van der Waals surface area contributed by atoms with Crippen molar-refractivity contribution in [1.29, 1.82) is 0 Å². The van der Waals surface area contributed by atoms with E-state index in [-0.39, 0.29) is 5.91 Å². The van der Waals surface area contributed by atoms with Crippen molar-refractivity contribution in [3.63, 3.8) is 0 Å². The summed E-state index contributed by atoms with van der Waals surface area (Å²) in [6, 6.07) is 15.0. The predicted octanol–water partition coefficient (Wildman–Crippen LogP) is 4.11. The van der Waals surface area contributed by atoms with Crippen LogP contribution in [0.5, 0.6) is 5.75 Å². The minimum atomic E-state index is -0.170. The quantitative estimate of drug-likeness (QED) is 0.658. The summed E-state index contributed by atoms with van der Waals surface area (Å²) in [6.45, 7) is 2.65. The van der Waals surface area contributed by atoms with Gasteiger partial charge in [0.25, 0.3) is 5.91 Å². The zero-order valence-corrected chi connectivity index (χ0v) is 16.6. The first kappa shape index (κ1) is 19.9. The van der Waals surface area contributed by atoms with Crippen molar-refractivity contribution >= 4 is 17.5 Å². The number of carbonyl (C=O) groups is 1. The standard InChI is InChI=1S/C22H22ClN3O2/c1-14-7-17(5-6-25-14)18-8-16(12-24)9-19(11-18)22(27)26-13-15-3-4-20(23)21(10-15)28-2/h3-11H,12-13,24H2,1-2H3,(H,26,27). The van der Waals surface area contributed by atoms with Crippen molar-refractivity contribution in [2.24, 2.45) is 5.73 Å². The van der Waals surface area contributed by atoms with E-state index in [9.17, 15) is 4.79 Å². The van der Waals surface area contributed by atoms with Crippen LogP contribution in [0.15, 0.2) is 54.7 Å². The molecule has 0 saturated heterocycles. The first-order chi connectivity index (χ1) is 13.5. The van der Waals surface area contributed by atoms with Gasteiger partial charge in [0.2, 0.25) is 0 Å². The number of methoxy groups -OCH3 is 1. The zero-order chi connectivity index (χ0) is 20.1. The number of carbonyl (C=O) groups excluding carboxylic acids is 1. The van der Waals surface area contributed by atoms with Crippen LogP contribution in [0.3, 0.4) is 0 Å². The molecule has 1 heterocycles. The summed E-state index contributed by atoms with van der Waals surface area (Å²) in [4.78, 5) is 17.0. The normalized spacial score (nSPS) is 10.6. The van der Waals surface area contributed by atoms with Crippen LogP contribution in [0.1, 0.15) is 27.2 Å². The van der Waals surface area contributed by atoms with Gasteiger partial charge in [-0.2, -0.15) is 0 Å². The fourth-order valence-corrected chi connectivity index (χ4v) is 3.13. The van der Waals surface area contributed by atoms with Crippen LogP contribution in [0.4, 0.5) is 0 Å². The van der Waals surface area contributed by atoms with E-state index in [2.05, 4.69) is 10.3 Å². The van der Waals surface area contributed by atoms with Crippen molar-refractivity contribution in [3.05, 3.63) is 82.1 Å². The molecular formula is C22H22ClN3O2. The monoisotopic (exact) mass is 395 g/mol. The van der Waals surface area contributed by atoms with E-state index < -0.39 is 0 Å². The maximum Gasteiger partial charge on any atom is 0.251 e. The van der Waals surface area contributed by atoms with Gasteiger partial charge in [0.05, 0.1) is 12.1 Å². The number of hydrogen-bond donors (Lipinski definition) is 2. The average molecular weight is 396 g/mol. The second-order valence-corrected chi connectivity index (χ2v) is 6.87. The number of aromatic nitrogens is 1. The number of nitrogens with one attached hydrogen (secondary N) is 1. The molecule has 2 aromatic carbocycles. The molecule has 1 amide bonds. The van der Waals surface area contributed by atoms with E-state index in [4.69, 9.17) is 22.1 Å². The average Bonchev–Trinajstić information content (AvgIpc) is 2.72. The Morgan fingerprint density at radius 1 is 1.11 bits per heavy atom. The summed E-state index contributed by atoms with van der Waals surface area (Å²) >= 11 is 6.05. The molecule has 3 N–H and O–H groups in total. The van der Waals surface area contributed by atoms with Crippen molar-refractivity contribution in [1.82, 2.24) is 10.3 Å². The Kier molecular flexibility index (Phi) is 6.29. The van der Waals surface area contributed by atoms with Gasteiger partial charge in [0.1, 0.15) is 5.75 Å². The maximum absolute atomic E-state index is 12.7. The smallest absolute Gasteiger partial charge is 0.251 e. The van der Waals surface area contributed by atoms with Gasteiger partial charge < -0.3 is 15.8 Å². The SMILES string of the molecule is COc1cc(CNC(=O)c2cc(CN)cc(-c3ccnc(C)c3)c2)ccc1Cl. The molecule has 1 aromatic heterocycles. The largest absolute Gasteiger partial charge is 0.495 e. The first-order valence-corrected chi connectivity index (χ1v) is 9.25. The molecule has 0 aliphatic carbocycles. The van der Waals surface area contributed by atoms with Crippen LogP contribution >= 0.6 is 11.6 Å². The third kappa shape index (κ3) is 4.68. The Hall–Kier alpha value is -2.89. The molecule has 3 aromatic rings. The van der Waals surface area contributed by atoms with Gasteiger partial charge in [-0.3, -0.25) is 9.78 Å². The fraction of sp³-hybridized carbons (Fsp3) is 0.182. The second-order valence-electron chi connectivity index (χ2n) is 6.46. The van der Waals surface area contributed by atoms with E-state index in [0.717, 1.165) is 27.9 Å². The second kappa shape index (κ2) is 8.87. The first-order valence-electron chi connectivity index (χ1n) is 8.88. The van der Waals surface area contributed by atoms with Crippen molar-refractivity contribution in [3.8, 4) is 16.9 Å². The topological polar surface area (TPSA) is 77.2 Å². The highest BCUT2D eigenvalue weighted by atomic mass is 35.5. The van der Waals surface area contributed by atoms with Gasteiger partial charge in [0.15, 0.2) is 0 Å². The molecule has 28 heavy (non-hydrogen) atoms. The predicted molar refractivity (Wildman–Crippen MR) is 111 cm³/mol. The number of hydrogen-bond acceptors (Lipinski definition) is 4. The molecule has 0 radical (unpaired) electrons. The minimum absolute atomic E-state index is 0.170. The van der Waals surface area contributed by atoms with Crippen LogP contribution in [-0.2, 0) is 13.1 Å². The maximum atomic E-state index is 12.7. The Bertz CT molecular complexity index is 1000. The van der Waals surface area contributed by atoms with Crippen molar-refractivity contribution in [2.75, 3.05) is 7.11 Å². The number of nitrogens with two attached hydrogens (primary N) is 1. The molecule has 0 aliphatic rings. The minimum Gasteiger partial charge on any atom is -0.495 e. The molecule has 0 unspecified atom stereocenters.